The topological polar surface area (TPSA) is 3.24 Å². The number of thiophene rings is 1. The summed E-state index contributed by atoms with van der Waals surface area (Å²) in [5, 5.41) is 5.24. The highest BCUT2D eigenvalue weighted by atomic mass is 32.1. The molecule has 2 aliphatic carbocycles. The fraction of sp³-hybridized carbons (Fsp3) is 0.130. The molecule has 0 saturated carbocycles. The molecule has 0 spiro atoms. The van der Waals surface area contributed by atoms with Gasteiger partial charge in [-0.05, 0) is 80.0 Å². The molecule has 0 N–H and O–H groups in total. The third-order valence-electron chi connectivity index (χ3n) is 11.3. The van der Waals surface area contributed by atoms with Gasteiger partial charge in [-0.15, -0.1) is 11.3 Å². The van der Waals surface area contributed by atoms with Crippen LogP contribution in [0.1, 0.15) is 49.9 Å². The van der Waals surface area contributed by atoms with E-state index in [0.717, 1.165) is 0 Å². The van der Waals surface area contributed by atoms with Crippen molar-refractivity contribution in [2.45, 2.75) is 38.5 Å². The van der Waals surface area contributed by atoms with Gasteiger partial charge in [-0.3, -0.25) is 0 Å². The molecule has 0 fully saturated rings. The van der Waals surface area contributed by atoms with E-state index in [1.54, 1.807) is 0 Å². The van der Waals surface area contributed by atoms with Crippen LogP contribution in [0.4, 0.5) is 17.1 Å². The maximum absolute atomic E-state index is 2.56. The van der Waals surface area contributed by atoms with E-state index in [4.69, 9.17) is 0 Å². The minimum atomic E-state index is -0.0888. The molecule has 8 aromatic rings. The van der Waals surface area contributed by atoms with Crippen LogP contribution in [-0.2, 0) is 10.8 Å². The molecule has 1 heterocycles. The molecule has 1 nitrogen and oxygen atoms in total. The summed E-state index contributed by atoms with van der Waals surface area (Å²) < 4.78 is 2.66. The average Bonchev–Trinajstić information content (AvgIpc) is 3.69. The molecule has 0 unspecified atom stereocenters. The number of hydrogen-bond acceptors (Lipinski definition) is 2. The Morgan fingerprint density at radius 3 is 1.98 bits per heavy atom. The molecule has 0 bridgehead atoms. The number of fused-ring (bicyclic) bond motifs is 11. The van der Waals surface area contributed by atoms with Gasteiger partial charge in [-0.2, -0.15) is 0 Å². The lowest BCUT2D eigenvalue weighted by atomic mass is 9.82. The summed E-state index contributed by atoms with van der Waals surface area (Å²) in [6.45, 7) is 9.47. The van der Waals surface area contributed by atoms with Crippen LogP contribution in [0.3, 0.4) is 0 Å². The first kappa shape index (κ1) is 27.9. The van der Waals surface area contributed by atoms with E-state index >= 15 is 0 Å². The maximum atomic E-state index is 2.56. The van der Waals surface area contributed by atoms with E-state index in [2.05, 4.69) is 172 Å². The Morgan fingerprint density at radius 1 is 0.479 bits per heavy atom. The van der Waals surface area contributed by atoms with E-state index in [9.17, 15) is 0 Å². The van der Waals surface area contributed by atoms with Crippen molar-refractivity contribution in [3.8, 4) is 22.3 Å². The predicted molar refractivity (Wildman–Crippen MR) is 207 cm³/mol. The van der Waals surface area contributed by atoms with Crippen molar-refractivity contribution in [3.05, 3.63) is 162 Å². The second kappa shape index (κ2) is 9.69. The van der Waals surface area contributed by atoms with Crippen molar-refractivity contribution >= 4 is 59.3 Å². The normalized spacial score (nSPS) is 15.0. The largest absolute Gasteiger partial charge is 0.309 e. The first-order chi connectivity index (χ1) is 23.3. The van der Waals surface area contributed by atoms with Gasteiger partial charge in [0.15, 0.2) is 0 Å². The molecule has 48 heavy (non-hydrogen) atoms. The van der Waals surface area contributed by atoms with Crippen LogP contribution in [0, 0.1) is 0 Å². The zero-order valence-electron chi connectivity index (χ0n) is 27.6. The molecule has 10 rings (SSSR count). The van der Waals surface area contributed by atoms with Gasteiger partial charge in [-0.1, -0.05) is 137 Å². The number of hydrogen-bond donors (Lipinski definition) is 0. The van der Waals surface area contributed by atoms with Gasteiger partial charge >= 0.3 is 0 Å². The molecule has 2 heteroatoms. The molecule has 0 saturated heterocycles. The lowest BCUT2D eigenvalue weighted by Crippen LogP contribution is -2.16. The SMILES string of the molecule is CC1(C)c2ccccc2-c2cc(N(c3cccc4c3-c3ccccc3C4(C)C)c3cccc4sc5c6ccccc6ccc5c34)ccc21. The Morgan fingerprint density at radius 2 is 1.12 bits per heavy atom. The Kier molecular flexibility index (Phi) is 5.63. The minimum absolute atomic E-state index is 0.0448. The molecule has 0 aliphatic heterocycles. The first-order valence-electron chi connectivity index (χ1n) is 16.9. The summed E-state index contributed by atoms with van der Waals surface area (Å²) >= 11 is 1.91. The van der Waals surface area contributed by atoms with Crippen LogP contribution in [-0.4, -0.2) is 0 Å². The molecular formula is C46H35NS. The summed E-state index contributed by atoms with van der Waals surface area (Å²) in [6.07, 6.45) is 0. The zero-order valence-corrected chi connectivity index (χ0v) is 28.5. The Bertz CT molecular complexity index is 2630. The molecule has 0 radical (unpaired) electrons. The van der Waals surface area contributed by atoms with Crippen LogP contribution in [0.2, 0.25) is 0 Å². The van der Waals surface area contributed by atoms with Gasteiger partial charge in [0.05, 0.1) is 11.4 Å². The van der Waals surface area contributed by atoms with E-state index in [1.165, 1.54) is 92.5 Å². The maximum Gasteiger partial charge on any atom is 0.0555 e. The monoisotopic (exact) mass is 633 g/mol. The standard InChI is InChI=1S/C46H35NS/c1-45(2)35-17-9-7-15-31(35)34-27-29(24-26-37(34)45)47(39-20-11-19-38-42(39)32-16-8-10-18-36(32)46(38,3)4)40-21-12-22-41-43(40)33-25-23-28-13-5-6-14-30(28)44(33)48-41/h5-27H,1-4H3. The van der Waals surface area contributed by atoms with E-state index in [-0.39, 0.29) is 10.8 Å². The van der Waals surface area contributed by atoms with Crippen LogP contribution >= 0.6 is 11.3 Å². The number of benzene rings is 7. The van der Waals surface area contributed by atoms with E-state index in [1.807, 2.05) is 11.3 Å². The highest BCUT2D eigenvalue weighted by Crippen LogP contribution is 2.57. The molecule has 7 aromatic carbocycles. The smallest absolute Gasteiger partial charge is 0.0555 e. The Hall–Kier alpha value is -5.18. The second-order valence-corrected chi connectivity index (χ2v) is 15.6. The van der Waals surface area contributed by atoms with Crippen molar-refractivity contribution in [1.82, 2.24) is 0 Å². The lowest BCUT2D eigenvalue weighted by molar-refractivity contribution is 0.660. The molecule has 1 aromatic heterocycles. The third kappa shape index (κ3) is 3.61. The predicted octanol–water partition coefficient (Wildman–Crippen LogP) is 13.3. The summed E-state index contributed by atoms with van der Waals surface area (Å²) in [6, 6.07) is 52.4. The van der Waals surface area contributed by atoms with Crippen molar-refractivity contribution in [2.24, 2.45) is 0 Å². The number of anilines is 3. The number of rotatable bonds is 3. The van der Waals surface area contributed by atoms with Crippen molar-refractivity contribution in [2.75, 3.05) is 4.90 Å². The second-order valence-electron chi connectivity index (χ2n) is 14.5. The van der Waals surface area contributed by atoms with Crippen molar-refractivity contribution < 1.29 is 0 Å². The summed E-state index contributed by atoms with van der Waals surface area (Å²) in [5.74, 6) is 0. The fourth-order valence-corrected chi connectivity index (χ4v) is 10.2. The quantitative estimate of drug-likeness (QED) is 0.187. The Labute approximate surface area is 285 Å². The summed E-state index contributed by atoms with van der Waals surface area (Å²) in [5.41, 5.74) is 14.4. The number of nitrogens with zero attached hydrogens (tertiary/aromatic N) is 1. The van der Waals surface area contributed by atoms with Gasteiger partial charge in [0.25, 0.3) is 0 Å². The van der Waals surface area contributed by atoms with Gasteiger partial charge < -0.3 is 4.90 Å². The van der Waals surface area contributed by atoms with Gasteiger partial charge in [0, 0.05) is 42.3 Å². The van der Waals surface area contributed by atoms with Crippen LogP contribution in [0.5, 0.6) is 0 Å². The van der Waals surface area contributed by atoms with Crippen molar-refractivity contribution in [3.63, 3.8) is 0 Å². The Balaban J connectivity index is 1.31. The van der Waals surface area contributed by atoms with Crippen LogP contribution < -0.4 is 4.90 Å². The fourth-order valence-electron chi connectivity index (χ4n) is 8.90. The lowest BCUT2D eigenvalue weighted by Gasteiger charge is -2.30. The van der Waals surface area contributed by atoms with Gasteiger partial charge in [0.1, 0.15) is 0 Å². The molecular weight excluding hydrogens is 599 g/mol. The third-order valence-corrected chi connectivity index (χ3v) is 12.5. The minimum Gasteiger partial charge on any atom is -0.309 e. The van der Waals surface area contributed by atoms with Crippen molar-refractivity contribution in [1.29, 1.82) is 0 Å². The molecule has 0 amide bonds. The van der Waals surface area contributed by atoms with Crippen LogP contribution in [0.25, 0.3) is 53.2 Å². The van der Waals surface area contributed by atoms with E-state index in [0.29, 0.717) is 0 Å². The zero-order chi connectivity index (χ0) is 32.4. The molecule has 0 atom stereocenters. The summed E-state index contributed by atoms with van der Waals surface area (Å²) in [4.78, 5) is 2.56. The average molecular weight is 634 g/mol. The highest BCUT2D eigenvalue weighted by molar-refractivity contribution is 7.26. The summed E-state index contributed by atoms with van der Waals surface area (Å²) in [7, 11) is 0. The first-order valence-corrected chi connectivity index (χ1v) is 17.8. The van der Waals surface area contributed by atoms with Crippen LogP contribution in [0.15, 0.2) is 140 Å². The van der Waals surface area contributed by atoms with Gasteiger partial charge in [-0.25, -0.2) is 0 Å². The highest BCUT2D eigenvalue weighted by Gasteiger charge is 2.39. The molecule has 230 valence electrons. The van der Waals surface area contributed by atoms with E-state index < -0.39 is 0 Å². The molecule has 2 aliphatic rings. The van der Waals surface area contributed by atoms with Gasteiger partial charge in [0.2, 0.25) is 0 Å².